The van der Waals surface area contributed by atoms with Gasteiger partial charge in [0.25, 0.3) is 0 Å². The topological polar surface area (TPSA) is 69.6 Å². The Morgan fingerprint density at radius 2 is 1.72 bits per heavy atom. The molecule has 0 unspecified atom stereocenters. The van der Waals surface area contributed by atoms with Crippen LogP contribution in [-0.2, 0) is 16.6 Å². The second-order valence-electron chi connectivity index (χ2n) is 5.08. The second-order valence-corrected chi connectivity index (χ2v) is 6.97. The zero-order valence-electron chi connectivity index (χ0n) is 11.1. The average molecular weight is 272 g/mol. The molecule has 0 spiro atoms. The molecular weight excluding hydrogens is 252 g/mol. The molecule has 1 rings (SSSR count). The van der Waals surface area contributed by atoms with E-state index in [4.69, 9.17) is 0 Å². The van der Waals surface area contributed by atoms with Crippen molar-refractivity contribution in [3.8, 4) is 0 Å². The maximum atomic E-state index is 11.5. The van der Waals surface area contributed by atoms with Crippen LogP contribution in [0.25, 0.3) is 0 Å². The highest BCUT2D eigenvalue weighted by atomic mass is 32.2. The predicted molar refractivity (Wildman–Crippen MR) is 69.8 cm³/mol. The third-order valence-corrected chi connectivity index (χ3v) is 4.04. The molecule has 0 amide bonds. The maximum absolute atomic E-state index is 11.5. The number of hydrogen-bond acceptors (Lipinski definition) is 4. The van der Waals surface area contributed by atoms with E-state index in [0.717, 1.165) is 5.56 Å². The largest absolute Gasteiger partial charge is 0.313 e. The summed E-state index contributed by atoms with van der Waals surface area (Å²) in [4.78, 5) is 0.217. The molecule has 0 fully saturated rings. The minimum absolute atomic E-state index is 0.217. The number of benzene rings is 1. The van der Waals surface area contributed by atoms with Gasteiger partial charge in [-0.3, -0.25) is 0 Å². The van der Waals surface area contributed by atoms with Crippen molar-refractivity contribution in [1.29, 1.82) is 0 Å². The lowest BCUT2D eigenvalue weighted by molar-refractivity contribution is -0.163. The van der Waals surface area contributed by atoms with E-state index in [1.807, 2.05) is 20.8 Å². The van der Waals surface area contributed by atoms with Gasteiger partial charge in [0.2, 0.25) is 10.0 Å². The summed E-state index contributed by atoms with van der Waals surface area (Å²) in [6.45, 7) is 6.04. The van der Waals surface area contributed by atoms with Gasteiger partial charge in [0.15, 0.2) is 0 Å². The van der Waals surface area contributed by atoms with E-state index in [0.29, 0.717) is 6.54 Å². The second kappa shape index (κ2) is 5.36. The van der Waals surface area contributed by atoms with E-state index in [1.165, 1.54) is 24.2 Å². The standard InChI is InChI=1S/C12H20N2O3S/c1-12(2,3)14(15)9-10-5-7-11(8-6-10)18(16,17)13-4/h5-8,13,15H,9H2,1-4H3. The van der Waals surface area contributed by atoms with Gasteiger partial charge in [-0.2, -0.15) is 5.06 Å². The van der Waals surface area contributed by atoms with Crippen molar-refractivity contribution in [2.45, 2.75) is 37.8 Å². The third-order valence-electron chi connectivity index (χ3n) is 2.61. The quantitative estimate of drug-likeness (QED) is 0.817. The highest BCUT2D eigenvalue weighted by molar-refractivity contribution is 7.89. The molecule has 0 aromatic heterocycles. The fourth-order valence-corrected chi connectivity index (χ4v) is 2.03. The summed E-state index contributed by atoms with van der Waals surface area (Å²) < 4.78 is 25.3. The van der Waals surface area contributed by atoms with E-state index in [1.54, 1.807) is 12.1 Å². The van der Waals surface area contributed by atoms with Crippen molar-refractivity contribution < 1.29 is 13.6 Å². The van der Waals surface area contributed by atoms with Gasteiger partial charge < -0.3 is 5.21 Å². The number of nitrogens with one attached hydrogen (secondary N) is 1. The normalized spacial score (nSPS) is 13.0. The van der Waals surface area contributed by atoms with E-state index >= 15 is 0 Å². The van der Waals surface area contributed by atoms with Crippen molar-refractivity contribution in [2.75, 3.05) is 7.05 Å². The van der Waals surface area contributed by atoms with Crippen LogP contribution in [0.1, 0.15) is 26.3 Å². The Kier molecular flexibility index (Phi) is 4.50. The van der Waals surface area contributed by atoms with Crippen molar-refractivity contribution in [1.82, 2.24) is 9.79 Å². The minimum Gasteiger partial charge on any atom is -0.313 e. The SMILES string of the molecule is CNS(=O)(=O)c1ccc(CN(O)C(C)(C)C)cc1. The molecule has 0 atom stereocenters. The Morgan fingerprint density at radius 3 is 2.11 bits per heavy atom. The van der Waals surface area contributed by atoms with Crippen molar-refractivity contribution in [2.24, 2.45) is 0 Å². The Hall–Kier alpha value is -0.950. The van der Waals surface area contributed by atoms with Gasteiger partial charge in [-0.1, -0.05) is 12.1 Å². The first-order valence-electron chi connectivity index (χ1n) is 5.66. The Morgan fingerprint density at radius 1 is 1.22 bits per heavy atom. The van der Waals surface area contributed by atoms with E-state index in [2.05, 4.69) is 4.72 Å². The molecule has 102 valence electrons. The number of nitrogens with zero attached hydrogens (tertiary/aromatic N) is 1. The van der Waals surface area contributed by atoms with E-state index in [-0.39, 0.29) is 10.4 Å². The molecule has 0 aliphatic heterocycles. The van der Waals surface area contributed by atoms with Crippen LogP contribution in [0.2, 0.25) is 0 Å². The Labute approximate surface area is 108 Å². The Balaban J connectivity index is 2.85. The summed E-state index contributed by atoms with van der Waals surface area (Å²) in [5, 5.41) is 11.0. The van der Waals surface area contributed by atoms with Gasteiger partial charge in [-0.15, -0.1) is 0 Å². The van der Waals surface area contributed by atoms with Gasteiger partial charge in [-0.05, 0) is 45.5 Å². The van der Waals surface area contributed by atoms with Gasteiger partial charge in [0.1, 0.15) is 0 Å². The maximum Gasteiger partial charge on any atom is 0.240 e. The summed E-state index contributed by atoms with van der Waals surface area (Å²) in [6.07, 6.45) is 0. The molecule has 5 nitrogen and oxygen atoms in total. The van der Waals surface area contributed by atoms with Crippen LogP contribution < -0.4 is 4.72 Å². The van der Waals surface area contributed by atoms with Crippen LogP contribution in [0.15, 0.2) is 29.2 Å². The molecule has 0 aliphatic rings. The highest BCUT2D eigenvalue weighted by Crippen LogP contribution is 2.16. The Bertz CT molecular complexity index is 489. The lowest BCUT2D eigenvalue weighted by atomic mass is 10.1. The summed E-state index contributed by atoms with van der Waals surface area (Å²) in [5.41, 5.74) is 0.498. The minimum atomic E-state index is -3.40. The summed E-state index contributed by atoms with van der Waals surface area (Å²) in [7, 11) is -2.02. The molecule has 0 radical (unpaired) electrons. The fraction of sp³-hybridized carbons (Fsp3) is 0.500. The molecule has 1 aromatic rings. The molecule has 0 saturated heterocycles. The monoisotopic (exact) mass is 272 g/mol. The zero-order chi connectivity index (χ0) is 14.0. The molecule has 1 aromatic carbocycles. The smallest absolute Gasteiger partial charge is 0.240 e. The summed E-state index contributed by atoms with van der Waals surface area (Å²) in [6, 6.07) is 6.44. The molecule has 18 heavy (non-hydrogen) atoms. The number of sulfonamides is 1. The first-order chi connectivity index (χ1) is 8.16. The lowest BCUT2D eigenvalue weighted by Gasteiger charge is -2.29. The fourth-order valence-electron chi connectivity index (χ4n) is 1.30. The molecule has 0 saturated carbocycles. The average Bonchev–Trinajstić information content (AvgIpc) is 2.28. The van der Waals surface area contributed by atoms with Gasteiger partial charge in [0, 0.05) is 12.1 Å². The van der Waals surface area contributed by atoms with Crippen LogP contribution in [0.3, 0.4) is 0 Å². The third kappa shape index (κ3) is 3.78. The predicted octanol–water partition coefficient (Wildman–Crippen LogP) is 1.58. The lowest BCUT2D eigenvalue weighted by Crippen LogP contribution is -2.37. The highest BCUT2D eigenvalue weighted by Gasteiger charge is 2.19. The summed E-state index contributed by atoms with van der Waals surface area (Å²) in [5.74, 6) is 0. The molecular formula is C12H20N2O3S. The van der Waals surface area contributed by atoms with E-state index < -0.39 is 10.0 Å². The van der Waals surface area contributed by atoms with Crippen LogP contribution >= 0.6 is 0 Å². The van der Waals surface area contributed by atoms with Crippen LogP contribution in [0, 0.1) is 0 Å². The van der Waals surface area contributed by atoms with Gasteiger partial charge in [-0.25, -0.2) is 13.1 Å². The first-order valence-corrected chi connectivity index (χ1v) is 7.14. The number of rotatable bonds is 4. The van der Waals surface area contributed by atoms with Crippen LogP contribution in [0.4, 0.5) is 0 Å². The van der Waals surface area contributed by atoms with Crippen LogP contribution in [0.5, 0.6) is 0 Å². The molecule has 0 aliphatic carbocycles. The van der Waals surface area contributed by atoms with Crippen LogP contribution in [-0.4, -0.2) is 31.3 Å². The molecule has 0 heterocycles. The zero-order valence-corrected chi connectivity index (χ0v) is 12.0. The summed E-state index contributed by atoms with van der Waals surface area (Å²) >= 11 is 0. The van der Waals surface area contributed by atoms with Crippen molar-refractivity contribution in [3.05, 3.63) is 29.8 Å². The first kappa shape index (κ1) is 15.1. The molecule has 6 heteroatoms. The van der Waals surface area contributed by atoms with Crippen molar-refractivity contribution in [3.63, 3.8) is 0 Å². The number of hydrogen-bond donors (Lipinski definition) is 2. The van der Waals surface area contributed by atoms with E-state index in [9.17, 15) is 13.6 Å². The molecule has 2 N–H and O–H groups in total. The van der Waals surface area contributed by atoms with Gasteiger partial charge in [0.05, 0.1) is 4.90 Å². The van der Waals surface area contributed by atoms with Gasteiger partial charge >= 0.3 is 0 Å². The number of hydroxylamine groups is 2. The molecule has 0 bridgehead atoms. The van der Waals surface area contributed by atoms with Crippen molar-refractivity contribution >= 4 is 10.0 Å².